The van der Waals surface area contributed by atoms with E-state index in [1.807, 2.05) is 0 Å². The van der Waals surface area contributed by atoms with Crippen molar-refractivity contribution in [3.63, 3.8) is 0 Å². The van der Waals surface area contributed by atoms with Gasteiger partial charge in [0.25, 0.3) is 5.91 Å². The summed E-state index contributed by atoms with van der Waals surface area (Å²) in [5, 5.41) is 3.33. The lowest BCUT2D eigenvalue weighted by Crippen LogP contribution is -2.20. The molecule has 0 aliphatic rings. The van der Waals surface area contributed by atoms with E-state index in [4.69, 9.17) is 21.1 Å². The van der Waals surface area contributed by atoms with Crippen molar-refractivity contribution < 1.29 is 23.5 Å². The van der Waals surface area contributed by atoms with Crippen LogP contribution in [0.15, 0.2) is 42.5 Å². The normalized spacial score (nSPS) is 10.6. The van der Waals surface area contributed by atoms with Crippen molar-refractivity contribution in [1.29, 1.82) is 0 Å². The fourth-order valence-electron chi connectivity index (χ4n) is 2.29. The van der Waals surface area contributed by atoms with E-state index >= 15 is 0 Å². The van der Waals surface area contributed by atoms with Crippen molar-refractivity contribution in [2.45, 2.75) is 0 Å². The molecule has 0 aliphatic heterocycles. The van der Waals surface area contributed by atoms with Gasteiger partial charge in [-0.1, -0.05) is 17.7 Å². The van der Waals surface area contributed by atoms with Gasteiger partial charge >= 0.3 is 5.97 Å². The number of thiophene rings is 1. The van der Waals surface area contributed by atoms with Crippen molar-refractivity contribution in [1.82, 2.24) is 0 Å². The molecule has 3 rings (SSSR count). The van der Waals surface area contributed by atoms with Crippen LogP contribution >= 0.6 is 22.9 Å². The van der Waals surface area contributed by atoms with Crippen LogP contribution in [-0.2, 0) is 9.53 Å². The maximum atomic E-state index is 13.7. The van der Waals surface area contributed by atoms with Gasteiger partial charge in [-0.15, -0.1) is 11.3 Å². The highest BCUT2D eigenvalue weighted by atomic mass is 35.5. The van der Waals surface area contributed by atoms with Gasteiger partial charge in [-0.25, -0.2) is 9.18 Å². The van der Waals surface area contributed by atoms with Gasteiger partial charge in [-0.05, 0) is 36.4 Å². The Hall–Kier alpha value is -2.64. The van der Waals surface area contributed by atoms with Gasteiger partial charge in [0.1, 0.15) is 16.4 Å². The number of hydrogen-bond acceptors (Lipinski definition) is 5. The lowest BCUT2D eigenvalue weighted by Gasteiger charge is -2.10. The number of carbonyl (C=O) groups excluding carboxylic acids is 2. The van der Waals surface area contributed by atoms with Crippen LogP contribution in [0.4, 0.5) is 10.1 Å². The van der Waals surface area contributed by atoms with E-state index in [0.29, 0.717) is 26.5 Å². The van der Waals surface area contributed by atoms with Crippen molar-refractivity contribution >= 4 is 50.6 Å². The summed E-state index contributed by atoms with van der Waals surface area (Å²) in [6.07, 6.45) is 0. The quantitative estimate of drug-likeness (QED) is 0.648. The third kappa shape index (κ3) is 3.95. The Bertz CT molecular complexity index is 988. The number of ether oxygens (including phenoxy) is 2. The third-order valence-electron chi connectivity index (χ3n) is 3.48. The molecule has 1 aromatic heterocycles. The van der Waals surface area contributed by atoms with Crippen LogP contribution in [0.25, 0.3) is 10.1 Å². The van der Waals surface area contributed by atoms with E-state index in [0.717, 1.165) is 11.3 Å². The van der Waals surface area contributed by atoms with Crippen LogP contribution in [-0.4, -0.2) is 25.6 Å². The minimum absolute atomic E-state index is 0.221. The van der Waals surface area contributed by atoms with Gasteiger partial charge in [-0.2, -0.15) is 0 Å². The number of hydrogen-bond donors (Lipinski definition) is 1. The molecular formula is C18H13ClFNO4S. The molecule has 1 N–H and O–H groups in total. The van der Waals surface area contributed by atoms with Crippen LogP contribution in [0.1, 0.15) is 9.67 Å². The molecule has 1 amide bonds. The van der Waals surface area contributed by atoms with Gasteiger partial charge in [0.15, 0.2) is 6.61 Å². The van der Waals surface area contributed by atoms with Crippen molar-refractivity contribution in [2.24, 2.45) is 0 Å². The van der Waals surface area contributed by atoms with E-state index < -0.39 is 24.3 Å². The first-order chi connectivity index (χ1) is 12.5. The number of methoxy groups -OCH3 is 1. The standard InChI is InChI=1S/C18H13ClFNO4S/c1-24-14-6-5-10(19)7-13(14)21-17(22)9-25-18(23)16-8-11-12(20)3-2-4-15(11)26-16/h2-8H,9H2,1H3,(H,21,22). The topological polar surface area (TPSA) is 64.6 Å². The second kappa shape index (κ2) is 7.72. The first-order valence-electron chi connectivity index (χ1n) is 7.46. The second-order valence-electron chi connectivity index (χ2n) is 5.23. The molecule has 0 bridgehead atoms. The summed E-state index contributed by atoms with van der Waals surface area (Å²) in [4.78, 5) is 24.3. The SMILES string of the molecule is COc1ccc(Cl)cc1NC(=O)COC(=O)c1cc2c(F)cccc2s1. The maximum absolute atomic E-state index is 13.7. The van der Waals surface area contributed by atoms with Gasteiger partial charge in [0, 0.05) is 15.1 Å². The van der Waals surface area contributed by atoms with Crippen LogP contribution in [0.2, 0.25) is 5.02 Å². The molecule has 5 nitrogen and oxygen atoms in total. The number of fused-ring (bicyclic) bond motifs is 1. The Labute approximate surface area is 157 Å². The molecule has 0 unspecified atom stereocenters. The van der Waals surface area contributed by atoms with Gasteiger partial charge in [0.2, 0.25) is 0 Å². The summed E-state index contributed by atoms with van der Waals surface area (Å²) in [7, 11) is 1.46. The van der Waals surface area contributed by atoms with E-state index in [1.54, 1.807) is 24.3 Å². The number of carbonyl (C=O) groups is 2. The predicted molar refractivity (Wildman–Crippen MR) is 98.7 cm³/mol. The molecule has 0 spiro atoms. The van der Waals surface area contributed by atoms with E-state index in [9.17, 15) is 14.0 Å². The summed E-state index contributed by atoms with van der Waals surface area (Å²) in [5.41, 5.74) is 0.366. The fraction of sp³-hybridized carbons (Fsp3) is 0.111. The summed E-state index contributed by atoms with van der Waals surface area (Å²) in [5.74, 6) is -1.23. The maximum Gasteiger partial charge on any atom is 0.348 e. The predicted octanol–water partition coefficient (Wildman–Crippen LogP) is 4.50. The zero-order valence-electron chi connectivity index (χ0n) is 13.5. The van der Waals surface area contributed by atoms with E-state index in [1.165, 1.54) is 25.3 Å². The van der Waals surface area contributed by atoms with E-state index in [-0.39, 0.29) is 4.88 Å². The highest BCUT2D eigenvalue weighted by molar-refractivity contribution is 7.20. The summed E-state index contributed by atoms with van der Waals surface area (Å²) in [6.45, 7) is -0.495. The van der Waals surface area contributed by atoms with Crippen LogP contribution < -0.4 is 10.1 Å². The lowest BCUT2D eigenvalue weighted by atomic mass is 10.2. The molecule has 0 saturated carbocycles. The van der Waals surface area contributed by atoms with Crippen LogP contribution in [0.5, 0.6) is 5.75 Å². The van der Waals surface area contributed by atoms with Gasteiger partial charge < -0.3 is 14.8 Å². The smallest absolute Gasteiger partial charge is 0.348 e. The number of nitrogens with one attached hydrogen (secondary N) is 1. The molecular weight excluding hydrogens is 381 g/mol. The number of rotatable bonds is 5. The lowest BCUT2D eigenvalue weighted by molar-refractivity contribution is -0.119. The Morgan fingerprint density at radius 2 is 2.04 bits per heavy atom. The molecule has 26 heavy (non-hydrogen) atoms. The fourth-order valence-corrected chi connectivity index (χ4v) is 3.43. The molecule has 8 heteroatoms. The average molecular weight is 394 g/mol. The van der Waals surface area contributed by atoms with Crippen LogP contribution in [0, 0.1) is 5.82 Å². The van der Waals surface area contributed by atoms with Crippen molar-refractivity contribution in [3.05, 3.63) is 58.2 Å². The second-order valence-corrected chi connectivity index (χ2v) is 6.75. The average Bonchev–Trinajstić information content (AvgIpc) is 3.06. The number of amides is 1. The van der Waals surface area contributed by atoms with Crippen molar-refractivity contribution in [3.8, 4) is 5.75 Å². The summed E-state index contributed by atoms with van der Waals surface area (Å²) >= 11 is 6.99. The number of benzene rings is 2. The first-order valence-corrected chi connectivity index (χ1v) is 8.66. The summed E-state index contributed by atoms with van der Waals surface area (Å²) in [6, 6.07) is 10.7. The Morgan fingerprint density at radius 1 is 1.23 bits per heavy atom. The number of halogens is 2. The Kier molecular flexibility index (Phi) is 5.39. The molecule has 3 aromatic rings. The highest BCUT2D eigenvalue weighted by Crippen LogP contribution is 2.29. The summed E-state index contributed by atoms with van der Waals surface area (Å²) < 4.78 is 24.4. The molecule has 134 valence electrons. The molecule has 0 atom stereocenters. The van der Waals surface area contributed by atoms with Crippen molar-refractivity contribution in [2.75, 3.05) is 19.0 Å². The van der Waals surface area contributed by atoms with Crippen LogP contribution in [0.3, 0.4) is 0 Å². The molecule has 0 fully saturated rings. The largest absolute Gasteiger partial charge is 0.495 e. The Morgan fingerprint density at radius 3 is 2.77 bits per heavy atom. The minimum Gasteiger partial charge on any atom is -0.495 e. The molecule has 2 aromatic carbocycles. The van der Waals surface area contributed by atoms with Gasteiger partial charge in [-0.3, -0.25) is 4.79 Å². The third-order valence-corrected chi connectivity index (χ3v) is 4.79. The number of anilines is 1. The molecule has 0 aliphatic carbocycles. The zero-order valence-corrected chi connectivity index (χ0v) is 15.1. The number of esters is 1. The van der Waals surface area contributed by atoms with E-state index in [2.05, 4.69) is 5.32 Å². The highest BCUT2D eigenvalue weighted by Gasteiger charge is 2.16. The Balaban J connectivity index is 1.64. The molecule has 1 heterocycles. The zero-order chi connectivity index (χ0) is 18.7. The monoisotopic (exact) mass is 393 g/mol. The van der Waals surface area contributed by atoms with Gasteiger partial charge in [0.05, 0.1) is 12.8 Å². The minimum atomic E-state index is -0.696. The first kappa shape index (κ1) is 18.2. The molecule has 0 saturated heterocycles. The molecule has 0 radical (unpaired) electrons.